The van der Waals surface area contributed by atoms with Crippen molar-refractivity contribution in [3.8, 4) is 0 Å². The molecule has 0 radical (unpaired) electrons. The van der Waals surface area contributed by atoms with Crippen LogP contribution in [0.15, 0.2) is 0 Å². The van der Waals surface area contributed by atoms with Crippen LogP contribution in [0.2, 0.25) is 0 Å². The summed E-state index contributed by atoms with van der Waals surface area (Å²) < 4.78 is 0. The maximum absolute atomic E-state index is 3.61. The molecule has 1 N–H and O–H groups in total. The van der Waals surface area contributed by atoms with E-state index in [4.69, 9.17) is 0 Å². The largest absolute Gasteiger partial charge is 0.311 e. The van der Waals surface area contributed by atoms with Crippen LogP contribution >= 0.6 is 0 Å². The Labute approximate surface area is 88.1 Å². The van der Waals surface area contributed by atoms with Gasteiger partial charge < -0.3 is 10.2 Å². The molecule has 0 aromatic heterocycles. The highest BCUT2D eigenvalue weighted by Gasteiger charge is 2.25. The first kappa shape index (κ1) is 10.4. The van der Waals surface area contributed by atoms with E-state index in [1.807, 2.05) is 0 Å². The predicted molar refractivity (Wildman–Crippen MR) is 60.4 cm³/mol. The van der Waals surface area contributed by atoms with Crippen LogP contribution in [0.4, 0.5) is 0 Å². The summed E-state index contributed by atoms with van der Waals surface area (Å²) in [6.07, 6.45) is 4.45. The molecule has 2 heteroatoms. The zero-order valence-corrected chi connectivity index (χ0v) is 9.63. The summed E-state index contributed by atoms with van der Waals surface area (Å²) in [6.45, 7) is 9.70. The van der Waals surface area contributed by atoms with Crippen LogP contribution in [0.3, 0.4) is 0 Å². The quantitative estimate of drug-likeness (QED) is 0.736. The summed E-state index contributed by atoms with van der Waals surface area (Å²) in [7, 11) is 0. The Morgan fingerprint density at radius 1 is 1.36 bits per heavy atom. The normalized spacial score (nSPS) is 29.8. The highest BCUT2D eigenvalue weighted by atomic mass is 15.2. The minimum absolute atomic E-state index is 0.725. The van der Waals surface area contributed by atoms with Gasteiger partial charge in [0.2, 0.25) is 0 Å². The lowest BCUT2D eigenvalue weighted by Gasteiger charge is -2.35. The van der Waals surface area contributed by atoms with Crippen molar-refractivity contribution < 1.29 is 0 Å². The van der Waals surface area contributed by atoms with Crippen LogP contribution in [0, 0.1) is 11.8 Å². The number of rotatable bonds is 4. The van der Waals surface area contributed by atoms with Gasteiger partial charge in [-0.25, -0.2) is 0 Å². The predicted octanol–water partition coefficient (Wildman–Crippen LogP) is 1.72. The van der Waals surface area contributed by atoms with Crippen LogP contribution in [-0.4, -0.2) is 37.1 Å². The molecule has 82 valence electrons. The molecule has 2 nitrogen and oxygen atoms in total. The van der Waals surface area contributed by atoms with Crippen molar-refractivity contribution in [1.82, 2.24) is 10.2 Å². The summed E-state index contributed by atoms with van der Waals surface area (Å²) in [4.78, 5) is 2.65. The van der Waals surface area contributed by atoms with Crippen molar-refractivity contribution in [2.24, 2.45) is 11.8 Å². The number of nitrogens with one attached hydrogen (secondary N) is 1. The summed E-state index contributed by atoms with van der Waals surface area (Å²) in [5, 5.41) is 3.61. The van der Waals surface area contributed by atoms with Crippen LogP contribution < -0.4 is 5.32 Å². The van der Waals surface area contributed by atoms with Gasteiger partial charge in [0.15, 0.2) is 0 Å². The van der Waals surface area contributed by atoms with Gasteiger partial charge in [0.25, 0.3) is 0 Å². The third-order valence-corrected chi connectivity index (χ3v) is 3.64. The molecule has 0 amide bonds. The molecule has 1 atom stereocenters. The molecule has 1 aliphatic heterocycles. The number of hydrogen-bond donors (Lipinski definition) is 1. The van der Waals surface area contributed by atoms with Crippen LogP contribution in [0.1, 0.15) is 33.1 Å². The van der Waals surface area contributed by atoms with Crippen molar-refractivity contribution in [2.75, 3.05) is 26.2 Å². The van der Waals surface area contributed by atoms with E-state index < -0.39 is 0 Å². The second-order valence-corrected chi connectivity index (χ2v) is 5.34. The minimum Gasteiger partial charge on any atom is -0.311 e. The van der Waals surface area contributed by atoms with Crippen molar-refractivity contribution in [3.63, 3.8) is 0 Å². The van der Waals surface area contributed by atoms with Gasteiger partial charge in [0.1, 0.15) is 0 Å². The Bertz CT molecular complexity index is 175. The Morgan fingerprint density at radius 2 is 2.14 bits per heavy atom. The number of nitrogens with zero attached hydrogens (tertiary/aromatic N) is 1. The molecule has 0 spiro atoms. The smallest absolute Gasteiger partial charge is 0.0218 e. The fourth-order valence-electron chi connectivity index (χ4n) is 2.26. The average molecular weight is 196 g/mol. The molecule has 0 bridgehead atoms. The monoisotopic (exact) mass is 196 g/mol. The fraction of sp³-hybridized carbons (Fsp3) is 1.00. The van der Waals surface area contributed by atoms with E-state index in [1.54, 1.807) is 0 Å². The third kappa shape index (κ3) is 2.96. The lowest BCUT2D eigenvalue weighted by Crippen LogP contribution is -2.52. The van der Waals surface area contributed by atoms with Gasteiger partial charge in [-0.1, -0.05) is 26.7 Å². The lowest BCUT2D eigenvalue weighted by atomic mass is 10.0. The molecule has 1 saturated heterocycles. The molecule has 1 aliphatic carbocycles. The molecular formula is C12H24N2. The fourth-order valence-corrected chi connectivity index (χ4v) is 2.26. The van der Waals surface area contributed by atoms with Gasteiger partial charge in [-0.2, -0.15) is 0 Å². The Hall–Kier alpha value is -0.0800. The molecule has 1 saturated carbocycles. The summed E-state index contributed by atoms with van der Waals surface area (Å²) in [5.41, 5.74) is 0. The molecular weight excluding hydrogens is 172 g/mol. The summed E-state index contributed by atoms with van der Waals surface area (Å²) >= 11 is 0. The van der Waals surface area contributed by atoms with Gasteiger partial charge >= 0.3 is 0 Å². The maximum Gasteiger partial charge on any atom is 0.0218 e. The summed E-state index contributed by atoms with van der Waals surface area (Å²) in [5.74, 6) is 1.86. The molecule has 0 aromatic carbocycles. The highest BCUT2D eigenvalue weighted by Crippen LogP contribution is 2.32. The van der Waals surface area contributed by atoms with Gasteiger partial charge in [0, 0.05) is 25.7 Å². The Morgan fingerprint density at radius 3 is 2.79 bits per heavy atom. The van der Waals surface area contributed by atoms with Crippen LogP contribution in [-0.2, 0) is 0 Å². The third-order valence-electron chi connectivity index (χ3n) is 3.64. The molecule has 2 fully saturated rings. The van der Waals surface area contributed by atoms with Crippen molar-refractivity contribution in [1.29, 1.82) is 0 Å². The second-order valence-electron chi connectivity index (χ2n) is 5.34. The van der Waals surface area contributed by atoms with E-state index in [0.29, 0.717) is 0 Å². The SMILES string of the molecule is CC(C)C1CN(CCC2CC2)CCN1. The summed E-state index contributed by atoms with van der Waals surface area (Å²) in [6, 6.07) is 0.725. The lowest BCUT2D eigenvalue weighted by molar-refractivity contribution is 0.171. The topological polar surface area (TPSA) is 15.3 Å². The molecule has 2 rings (SSSR count). The van der Waals surface area contributed by atoms with Crippen molar-refractivity contribution in [3.05, 3.63) is 0 Å². The maximum atomic E-state index is 3.61. The van der Waals surface area contributed by atoms with E-state index in [0.717, 1.165) is 17.9 Å². The van der Waals surface area contributed by atoms with E-state index in [2.05, 4.69) is 24.1 Å². The highest BCUT2D eigenvalue weighted by molar-refractivity contribution is 4.82. The van der Waals surface area contributed by atoms with Gasteiger partial charge in [-0.3, -0.25) is 0 Å². The van der Waals surface area contributed by atoms with Crippen molar-refractivity contribution in [2.45, 2.75) is 39.2 Å². The Balaban J connectivity index is 1.69. The molecule has 1 unspecified atom stereocenters. The Kier molecular flexibility index (Phi) is 3.45. The van der Waals surface area contributed by atoms with Crippen LogP contribution in [0.5, 0.6) is 0 Å². The van der Waals surface area contributed by atoms with Crippen LogP contribution in [0.25, 0.3) is 0 Å². The molecule has 1 heterocycles. The first-order chi connectivity index (χ1) is 6.75. The zero-order valence-electron chi connectivity index (χ0n) is 9.63. The first-order valence-electron chi connectivity index (χ1n) is 6.21. The molecule has 0 aromatic rings. The first-order valence-corrected chi connectivity index (χ1v) is 6.21. The van der Waals surface area contributed by atoms with Gasteiger partial charge in [-0.15, -0.1) is 0 Å². The van der Waals surface area contributed by atoms with E-state index >= 15 is 0 Å². The average Bonchev–Trinajstić information content (AvgIpc) is 2.99. The van der Waals surface area contributed by atoms with Crippen molar-refractivity contribution >= 4 is 0 Å². The zero-order chi connectivity index (χ0) is 9.97. The molecule has 2 aliphatic rings. The van der Waals surface area contributed by atoms with E-state index in [9.17, 15) is 0 Å². The number of piperazine rings is 1. The minimum atomic E-state index is 0.725. The molecule has 14 heavy (non-hydrogen) atoms. The number of hydrogen-bond acceptors (Lipinski definition) is 2. The second kappa shape index (κ2) is 4.63. The van der Waals surface area contributed by atoms with Gasteiger partial charge in [0.05, 0.1) is 0 Å². The standard InChI is InChI=1S/C12H24N2/c1-10(2)12-9-14(8-6-13-12)7-5-11-3-4-11/h10-13H,3-9H2,1-2H3. The van der Waals surface area contributed by atoms with E-state index in [1.165, 1.54) is 45.4 Å². The van der Waals surface area contributed by atoms with Gasteiger partial charge in [-0.05, 0) is 24.8 Å². The van der Waals surface area contributed by atoms with E-state index in [-0.39, 0.29) is 0 Å².